The van der Waals surface area contributed by atoms with Crippen molar-refractivity contribution >= 4 is 21.6 Å². The van der Waals surface area contributed by atoms with Gasteiger partial charge in [-0.3, -0.25) is 4.79 Å². The lowest BCUT2D eigenvalue weighted by atomic mass is 10.1. The molecule has 0 radical (unpaired) electrons. The number of piperidine rings is 1. The SMILES string of the molecule is Cc1ccc(C(=O)Nc2cc(S(=O)(=O)N3CCCCC3)ccc2OC(C)C)c(C)c1. The van der Waals surface area contributed by atoms with Crippen LogP contribution in [0.1, 0.15) is 54.6 Å². The molecular weight excluding hydrogens is 400 g/mol. The van der Waals surface area contributed by atoms with E-state index in [9.17, 15) is 13.2 Å². The maximum absolute atomic E-state index is 13.1. The van der Waals surface area contributed by atoms with Gasteiger partial charge in [0.15, 0.2) is 0 Å². The second-order valence-electron chi connectivity index (χ2n) is 8.06. The molecule has 3 rings (SSSR count). The first-order valence-electron chi connectivity index (χ1n) is 10.4. The minimum absolute atomic E-state index is 0.119. The van der Waals surface area contributed by atoms with Crippen LogP contribution >= 0.6 is 0 Å². The highest BCUT2D eigenvalue weighted by molar-refractivity contribution is 7.89. The first-order valence-corrected chi connectivity index (χ1v) is 11.8. The summed E-state index contributed by atoms with van der Waals surface area (Å²) in [5.41, 5.74) is 2.82. The third-order valence-electron chi connectivity index (χ3n) is 5.14. The molecule has 1 amide bonds. The summed E-state index contributed by atoms with van der Waals surface area (Å²) in [6, 6.07) is 10.3. The average molecular weight is 431 g/mol. The molecule has 1 fully saturated rings. The Morgan fingerprint density at radius 2 is 1.73 bits per heavy atom. The van der Waals surface area contributed by atoms with Crippen LogP contribution in [0.2, 0.25) is 0 Å². The van der Waals surface area contributed by atoms with E-state index in [0.29, 0.717) is 30.1 Å². The third kappa shape index (κ3) is 5.02. The fourth-order valence-electron chi connectivity index (χ4n) is 3.64. The van der Waals surface area contributed by atoms with Crippen LogP contribution in [-0.2, 0) is 10.0 Å². The van der Waals surface area contributed by atoms with Gasteiger partial charge in [-0.05, 0) is 70.4 Å². The molecule has 1 aliphatic rings. The smallest absolute Gasteiger partial charge is 0.256 e. The maximum atomic E-state index is 13.1. The topological polar surface area (TPSA) is 75.7 Å². The van der Waals surface area contributed by atoms with Crippen LogP contribution in [0.4, 0.5) is 5.69 Å². The first-order chi connectivity index (χ1) is 14.2. The van der Waals surface area contributed by atoms with Crippen LogP contribution in [0, 0.1) is 13.8 Å². The van der Waals surface area contributed by atoms with E-state index in [0.717, 1.165) is 30.4 Å². The van der Waals surface area contributed by atoms with Gasteiger partial charge >= 0.3 is 0 Å². The number of nitrogens with zero attached hydrogens (tertiary/aromatic N) is 1. The van der Waals surface area contributed by atoms with Gasteiger partial charge in [-0.15, -0.1) is 0 Å². The van der Waals surface area contributed by atoms with Crippen LogP contribution in [0.25, 0.3) is 0 Å². The lowest BCUT2D eigenvalue weighted by Gasteiger charge is -2.26. The van der Waals surface area contributed by atoms with Crippen molar-refractivity contribution in [2.45, 2.75) is 58.0 Å². The average Bonchev–Trinajstić information content (AvgIpc) is 2.69. The van der Waals surface area contributed by atoms with Crippen molar-refractivity contribution in [2.75, 3.05) is 18.4 Å². The molecule has 1 N–H and O–H groups in total. The number of hydrogen-bond donors (Lipinski definition) is 1. The molecule has 0 spiro atoms. The van der Waals surface area contributed by atoms with Crippen molar-refractivity contribution in [1.82, 2.24) is 4.31 Å². The quantitative estimate of drug-likeness (QED) is 0.731. The standard InChI is InChI=1S/C23H30N2O4S/c1-16(2)29-22-11-9-19(30(27,28)25-12-6-5-7-13-25)15-21(22)24-23(26)20-10-8-17(3)14-18(20)4/h8-11,14-16H,5-7,12-13H2,1-4H3,(H,24,26). The Bertz CT molecular complexity index is 1030. The molecule has 0 bridgehead atoms. The molecule has 7 heteroatoms. The molecule has 30 heavy (non-hydrogen) atoms. The van der Waals surface area contributed by atoms with Crippen molar-refractivity contribution in [3.8, 4) is 5.75 Å². The van der Waals surface area contributed by atoms with E-state index in [1.807, 2.05) is 39.8 Å². The molecule has 6 nitrogen and oxygen atoms in total. The van der Waals surface area contributed by atoms with Crippen molar-refractivity contribution in [3.63, 3.8) is 0 Å². The van der Waals surface area contributed by atoms with Crippen LogP contribution in [0.3, 0.4) is 0 Å². The molecule has 0 aromatic heterocycles. The molecule has 162 valence electrons. The molecule has 1 heterocycles. The normalized spacial score (nSPS) is 15.2. The molecule has 1 saturated heterocycles. The maximum Gasteiger partial charge on any atom is 0.256 e. The van der Waals surface area contributed by atoms with Crippen molar-refractivity contribution in [2.24, 2.45) is 0 Å². The molecule has 0 atom stereocenters. The summed E-state index contributed by atoms with van der Waals surface area (Å²) in [7, 11) is -3.62. The molecular formula is C23H30N2O4S. The Kier molecular flexibility index (Phi) is 6.83. The number of nitrogens with one attached hydrogen (secondary N) is 1. The van der Waals surface area contributed by atoms with E-state index < -0.39 is 10.0 Å². The van der Waals surface area contributed by atoms with Gasteiger partial charge in [-0.2, -0.15) is 4.31 Å². The van der Waals surface area contributed by atoms with E-state index >= 15 is 0 Å². The molecule has 0 saturated carbocycles. The largest absolute Gasteiger partial charge is 0.489 e. The number of benzene rings is 2. The lowest BCUT2D eigenvalue weighted by Crippen LogP contribution is -2.35. The number of hydrogen-bond acceptors (Lipinski definition) is 4. The van der Waals surface area contributed by atoms with Crippen LogP contribution in [0.15, 0.2) is 41.3 Å². The number of aryl methyl sites for hydroxylation is 2. The highest BCUT2D eigenvalue weighted by Crippen LogP contribution is 2.31. The first kappa shape index (κ1) is 22.3. The van der Waals surface area contributed by atoms with Crippen molar-refractivity contribution in [3.05, 3.63) is 53.1 Å². The van der Waals surface area contributed by atoms with Gasteiger partial charge < -0.3 is 10.1 Å². The molecule has 1 aliphatic heterocycles. The summed E-state index contributed by atoms with van der Waals surface area (Å²) in [5.74, 6) is 0.148. The predicted molar refractivity (Wildman–Crippen MR) is 119 cm³/mol. The molecule has 0 unspecified atom stereocenters. The van der Waals surface area contributed by atoms with Crippen molar-refractivity contribution < 1.29 is 17.9 Å². The summed E-state index contributed by atoms with van der Waals surface area (Å²) in [6.45, 7) is 8.67. The number of rotatable bonds is 6. The van der Waals surface area contributed by atoms with Gasteiger partial charge in [0, 0.05) is 18.7 Å². The minimum atomic E-state index is -3.62. The van der Waals surface area contributed by atoms with Gasteiger partial charge in [0.25, 0.3) is 5.91 Å². The summed E-state index contributed by atoms with van der Waals surface area (Å²) >= 11 is 0. The van der Waals surface area contributed by atoms with Gasteiger partial charge in [-0.25, -0.2) is 8.42 Å². The predicted octanol–water partition coefficient (Wildman–Crippen LogP) is 4.52. The van der Waals surface area contributed by atoms with E-state index in [-0.39, 0.29) is 16.9 Å². The number of amides is 1. The second-order valence-corrected chi connectivity index (χ2v) is 10.00. The zero-order valence-electron chi connectivity index (χ0n) is 18.1. The molecule has 2 aromatic carbocycles. The summed E-state index contributed by atoms with van der Waals surface area (Å²) < 4.78 is 33.5. The van der Waals surface area contributed by atoms with Crippen LogP contribution in [0.5, 0.6) is 5.75 Å². The van der Waals surface area contributed by atoms with Gasteiger partial charge in [0.2, 0.25) is 10.0 Å². The van der Waals surface area contributed by atoms with Crippen LogP contribution in [-0.4, -0.2) is 37.8 Å². The number of sulfonamides is 1. The fraction of sp³-hybridized carbons (Fsp3) is 0.435. The Morgan fingerprint density at radius 3 is 2.37 bits per heavy atom. The van der Waals surface area contributed by atoms with E-state index in [1.165, 1.54) is 10.4 Å². The molecule has 0 aliphatic carbocycles. The van der Waals surface area contributed by atoms with Gasteiger partial charge in [0.05, 0.1) is 16.7 Å². The Balaban J connectivity index is 1.96. The third-order valence-corrected chi connectivity index (χ3v) is 7.04. The van der Waals surface area contributed by atoms with Gasteiger partial charge in [-0.1, -0.05) is 24.1 Å². The number of ether oxygens (including phenoxy) is 1. The lowest BCUT2D eigenvalue weighted by molar-refractivity contribution is 0.102. The Labute approximate surface area is 179 Å². The van der Waals surface area contributed by atoms with E-state index in [2.05, 4.69) is 5.32 Å². The number of carbonyl (C=O) groups excluding carboxylic acids is 1. The fourth-order valence-corrected chi connectivity index (χ4v) is 5.18. The summed E-state index contributed by atoms with van der Waals surface area (Å²) in [4.78, 5) is 13.1. The van der Waals surface area contributed by atoms with E-state index in [1.54, 1.807) is 18.2 Å². The summed E-state index contributed by atoms with van der Waals surface area (Å²) in [5, 5.41) is 2.86. The number of carbonyl (C=O) groups is 1. The van der Waals surface area contributed by atoms with Crippen LogP contribution < -0.4 is 10.1 Å². The van der Waals surface area contributed by atoms with E-state index in [4.69, 9.17) is 4.74 Å². The summed E-state index contributed by atoms with van der Waals surface area (Å²) in [6.07, 6.45) is 2.66. The Hall–Kier alpha value is -2.38. The monoisotopic (exact) mass is 430 g/mol. The second kappa shape index (κ2) is 9.18. The van der Waals surface area contributed by atoms with Gasteiger partial charge in [0.1, 0.15) is 5.75 Å². The highest BCUT2D eigenvalue weighted by atomic mass is 32.2. The highest BCUT2D eigenvalue weighted by Gasteiger charge is 2.27. The zero-order valence-corrected chi connectivity index (χ0v) is 18.9. The number of anilines is 1. The molecule has 2 aromatic rings. The Morgan fingerprint density at radius 1 is 1.03 bits per heavy atom. The van der Waals surface area contributed by atoms with Crippen molar-refractivity contribution in [1.29, 1.82) is 0 Å². The zero-order chi connectivity index (χ0) is 21.9. The minimum Gasteiger partial charge on any atom is -0.489 e.